The topological polar surface area (TPSA) is 60.4 Å². The molecule has 0 aromatic heterocycles. The van der Waals surface area contributed by atoms with Gasteiger partial charge in [0.25, 0.3) is 0 Å². The maximum Gasteiger partial charge on any atom is 0.311 e. The number of ketones is 2. The smallest absolute Gasteiger partial charge is 0.311 e. The lowest BCUT2D eigenvalue weighted by atomic mass is 9.85. The molecular weight excluding hydrogens is 352 g/mol. The highest BCUT2D eigenvalue weighted by Crippen LogP contribution is 2.25. The van der Waals surface area contributed by atoms with Crippen molar-refractivity contribution >= 4 is 17.5 Å². The van der Waals surface area contributed by atoms with E-state index in [0.29, 0.717) is 11.1 Å². The molecule has 28 heavy (non-hydrogen) atoms. The van der Waals surface area contributed by atoms with Gasteiger partial charge in [0, 0.05) is 11.1 Å². The first-order valence-corrected chi connectivity index (χ1v) is 9.28. The molecule has 0 fully saturated rings. The second kappa shape index (κ2) is 9.27. The molecule has 0 aliphatic rings. The summed E-state index contributed by atoms with van der Waals surface area (Å²) in [5.41, 5.74) is 0.0480. The predicted octanol–water partition coefficient (Wildman–Crippen LogP) is 4.90. The third-order valence-electron chi connectivity index (χ3n) is 4.25. The summed E-state index contributed by atoms with van der Waals surface area (Å²) in [6, 6.07) is 17.2. The molecule has 0 heterocycles. The molecule has 0 aliphatic heterocycles. The van der Waals surface area contributed by atoms with Gasteiger partial charge in [-0.25, -0.2) is 0 Å². The van der Waals surface area contributed by atoms with Crippen molar-refractivity contribution in [2.75, 3.05) is 0 Å². The Morgan fingerprint density at radius 1 is 0.821 bits per heavy atom. The van der Waals surface area contributed by atoms with Crippen molar-refractivity contribution in [1.29, 1.82) is 0 Å². The zero-order valence-electron chi connectivity index (χ0n) is 16.7. The minimum absolute atomic E-state index is 0.376. The van der Waals surface area contributed by atoms with E-state index in [2.05, 4.69) is 0 Å². The average Bonchev–Trinajstić information content (AvgIpc) is 2.68. The number of hydrogen-bond acceptors (Lipinski definition) is 4. The number of esters is 1. The Bertz CT molecular complexity index is 794. The van der Waals surface area contributed by atoms with E-state index in [9.17, 15) is 14.4 Å². The van der Waals surface area contributed by atoms with Crippen molar-refractivity contribution in [2.45, 2.75) is 33.8 Å². The summed E-state index contributed by atoms with van der Waals surface area (Å²) in [6.45, 7) is 6.95. The quantitative estimate of drug-likeness (QED) is 0.297. The van der Waals surface area contributed by atoms with Crippen molar-refractivity contribution in [1.82, 2.24) is 0 Å². The van der Waals surface area contributed by atoms with Gasteiger partial charge < -0.3 is 4.74 Å². The number of carbonyl (C=O) groups excluding carboxylic acids is 3. The van der Waals surface area contributed by atoms with Crippen LogP contribution in [0.4, 0.5) is 0 Å². The van der Waals surface area contributed by atoms with Gasteiger partial charge in [-0.2, -0.15) is 0 Å². The maximum absolute atomic E-state index is 13.3. The van der Waals surface area contributed by atoms with E-state index in [-0.39, 0.29) is 11.6 Å². The van der Waals surface area contributed by atoms with Crippen molar-refractivity contribution in [3.8, 4) is 0 Å². The third kappa shape index (κ3) is 5.26. The summed E-state index contributed by atoms with van der Waals surface area (Å²) >= 11 is 0. The molecule has 2 aromatic carbocycles. The first kappa shape index (κ1) is 21.3. The van der Waals surface area contributed by atoms with Crippen LogP contribution in [0.1, 0.15) is 48.4 Å². The van der Waals surface area contributed by atoms with Crippen LogP contribution < -0.4 is 0 Å². The second-order valence-electron chi connectivity index (χ2n) is 7.58. The van der Waals surface area contributed by atoms with Crippen LogP contribution in [0, 0.1) is 11.3 Å². The van der Waals surface area contributed by atoms with Gasteiger partial charge in [-0.05, 0) is 33.8 Å². The number of ether oxygens (including phenoxy) is 1. The number of rotatable bonds is 7. The predicted molar refractivity (Wildman–Crippen MR) is 109 cm³/mol. The van der Waals surface area contributed by atoms with Gasteiger partial charge in [-0.1, -0.05) is 66.7 Å². The Morgan fingerprint density at radius 3 is 1.61 bits per heavy atom. The summed E-state index contributed by atoms with van der Waals surface area (Å²) < 4.78 is 5.64. The van der Waals surface area contributed by atoms with E-state index >= 15 is 0 Å². The molecule has 1 atom stereocenters. The lowest BCUT2D eigenvalue weighted by Gasteiger charge is -2.26. The van der Waals surface area contributed by atoms with Gasteiger partial charge >= 0.3 is 5.97 Å². The maximum atomic E-state index is 13.3. The minimum Gasteiger partial charge on any atom is -0.456 e. The van der Waals surface area contributed by atoms with E-state index in [0.717, 1.165) is 0 Å². The van der Waals surface area contributed by atoms with Crippen LogP contribution in [0.5, 0.6) is 0 Å². The number of Topliss-reactive ketones (excluding diaryl/α,β-unsaturated/α-hetero) is 2. The normalized spacial score (nSPS) is 12.8. The Morgan fingerprint density at radius 2 is 1.25 bits per heavy atom. The van der Waals surface area contributed by atoms with Gasteiger partial charge in [-0.3, -0.25) is 14.4 Å². The molecule has 1 unspecified atom stereocenters. The number of allylic oxidation sites excluding steroid dienone is 1. The van der Waals surface area contributed by atoms with Crippen LogP contribution in [-0.2, 0) is 9.53 Å². The number of benzene rings is 2. The van der Waals surface area contributed by atoms with Crippen LogP contribution in [0.3, 0.4) is 0 Å². The van der Waals surface area contributed by atoms with Crippen molar-refractivity contribution in [3.05, 3.63) is 83.9 Å². The summed E-state index contributed by atoms with van der Waals surface area (Å²) in [6.07, 6.45) is 2.29. The largest absolute Gasteiger partial charge is 0.456 e. The molecule has 0 N–H and O–H groups in total. The van der Waals surface area contributed by atoms with Crippen molar-refractivity contribution in [3.63, 3.8) is 0 Å². The molecule has 2 rings (SSSR count). The molecule has 0 bridgehead atoms. The van der Waals surface area contributed by atoms with E-state index in [4.69, 9.17) is 4.74 Å². The van der Waals surface area contributed by atoms with Crippen LogP contribution >= 0.6 is 0 Å². The Balaban J connectivity index is 2.49. The summed E-state index contributed by atoms with van der Waals surface area (Å²) in [7, 11) is 0. The average molecular weight is 378 g/mol. The van der Waals surface area contributed by atoms with Crippen LogP contribution in [-0.4, -0.2) is 23.6 Å². The molecule has 4 heteroatoms. The first-order chi connectivity index (χ1) is 13.3. The van der Waals surface area contributed by atoms with E-state index in [1.165, 1.54) is 0 Å². The van der Waals surface area contributed by atoms with Gasteiger partial charge in [0.1, 0.15) is 12.0 Å². The number of carbonyl (C=O) groups is 3. The molecule has 0 radical (unpaired) electrons. The second-order valence-corrected chi connectivity index (χ2v) is 7.58. The fraction of sp³-hybridized carbons (Fsp3) is 0.292. The van der Waals surface area contributed by atoms with Gasteiger partial charge in [0.2, 0.25) is 0 Å². The standard InChI is InChI=1S/C24H26O4/c1-5-12-19(28-23(27)24(2,3)4)20(21(25)17-13-8-6-9-14-17)22(26)18-15-10-7-11-16-18/h5-16,19-20H,1-4H3/b12-5+. The lowest BCUT2D eigenvalue weighted by molar-refractivity contribution is -0.157. The molecule has 4 nitrogen and oxygen atoms in total. The Kier molecular flexibility index (Phi) is 7.05. The van der Waals surface area contributed by atoms with Crippen LogP contribution in [0.2, 0.25) is 0 Å². The van der Waals surface area contributed by atoms with Crippen LogP contribution in [0.25, 0.3) is 0 Å². The number of hydrogen-bond donors (Lipinski definition) is 0. The zero-order chi connectivity index (χ0) is 20.7. The van der Waals surface area contributed by atoms with E-state index in [1.54, 1.807) is 101 Å². The first-order valence-electron chi connectivity index (χ1n) is 9.28. The summed E-state index contributed by atoms with van der Waals surface area (Å²) in [5.74, 6) is -2.38. The Hall–Kier alpha value is -3.01. The zero-order valence-corrected chi connectivity index (χ0v) is 16.7. The molecule has 2 aromatic rings. The van der Waals surface area contributed by atoms with Crippen molar-refractivity contribution in [2.24, 2.45) is 11.3 Å². The summed E-state index contributed by atoms with van der Waals surface area (Å²) in [5, 5.41) is 0. The molecule has 0 amide bonds. The SMILES string of the molecule is C/C=C/C(OC(=O)C(C)(C)C)C(C(=O)c1ccccc1)C(=O)c1ccccc1. The molecule has 146 valence electrons. The van der Waals surface area contributed by atoms with E-state index in [1.807, 2.05) is 0 Å². The minimum atomic E-state index is -1.16. The lowest BCUT2D eigenvalue weighted by Crippen LogP contribution is -2.39. The molecule has 0 saturated heterocycles. The van der Waals surface area contributed by atoms with Gasteiger partial charge in [0.05, 0.1) is 5.41 Å². The molecule has 0 spiro atoms. The Labute approximate surface area is 166 Å². The third-order valence-corrected chi connectivity index (χ3v) is 4.25. The van der Waals surface area contributed by atoms with Gasteiger partial charge in [0.15, 0.2) is 11.6 Å². The van der Waals surface area contributed by atoms with Crippen molar-refractivity contribution < 1.29 is 19.1 Å². The van der Waals surface area contributed by atoms with Gasteiger partial charge in [-0.15, -0.1) is 0 Å². The summed E-state index contributed by atoms with van der Waals surface area (Å²) in [4.78, 5) is 39.0. The monoisotopic (exact) mass is 378 g/mol. The van der Waals surface area contributed by atoms with Crippen LogP contribution in [0.15, 0.2) is 72.8 Å². The van der Waals surface area contributed by atoms with E-state index < -0.39 is 23.4 Å². The fourth-order valence-electron chi connectivity index (χ4n) is 2.69. The molecule has 0 aliphatic carbocycles. The highest BCUT2D eigenvalue weighted by molar-refractivity contribution is 6.16. The molecule has 0 saturated carbocycles. The molecular formula is C24H26O4. The highest BCUT2D eigenvalue weighted by atomic mass is 16.5. The fourth-order valence-corrected chi connectivity index (χ4v) is 2.69. The highest BCUT2D eigenvalue weighted by Gasteiger charge is 2.38.